The molecule has 3 N–H and O–H groups in total. The molecule has 4 nitrogen and oxygen atoms in total. The zero-order chi connectivity index (χ0) is 14.3. The van der Waals surface area contributed by atoms with Gasteiger partial charge >= 0.3 is 0 Å². The number of nitrogen functional groups attached to an aromatic ring is 1. The minimum atomic E-state index is -0.157. The number of nitrogens with two attached hydrogens (primary N) is 1. The molecule has 0 fully saturated rings. The van der Waals surface area contributed by atoms with Gasteiger partial charge in [0.15, 0.2) is 0 Å². The number of hydrogen-bond acceptors (Lipinski definition) is 3. The lowest BCUT2D eigenvalue weighted by Crippen LogP contribution is -2.34. The molecule has 0 atom stereocenters. The molecule has 106 valence electrons. The van der Waals surface area contributed by atoms with E-state index in [0.717, 1.165) is 6.42 Å². The largest absolute Gasteiger partial charge is 0.384 e. The summed E-state index contributed by atoms with van der Waals surface area (Å²) < 4.78 is 0. The minimum Gasteiger partial charge on any atom is -0.384 e. The van der Waals surface area contributed by atoms with Crippen molar-refractivity contribution in [3.05, 3.63) is 23.9 Å². The number of pyridine rings is 1. The van der Waals surface area contributed by atoms with Crippen molar-refractivity contribution < 1.29 is 4.79 Å². The monoisotopic (exact) mass is 263 g/mol. The molecule has 0 aliphatic carbocycles. The van der Waals surface area contributed by atoms with E-state index in [1.807, 2.05) is 0 Å². The minimum absolute atomic E-state index is 0.116. The molecular weight excluding hydrogens is 238 g/mol. The van der Waals surface area contributed by atoms with Crippen LogP contribution in [0.3, 0.4) is 0 Å². The number of aromatic nitrogens is 1. The summed E-state index contributed by atoms with van der Waals surface area (Å²) in [5.74, 6) is 0.214. The second-order valence-electron chi connectivity index (χ2n) is 5.75. The second kappa shape index (κ2) is 7.12. The summed E-state index contributed by atoms with van der Waals surface area (Å²) in [6.07, 6.45) is 4.78. The van der Waals surface area contributed by atoms with Crippen LogP contribution in [0.25, 0.3) is 0 Å². The highest BCUT2D eigenvalue weighted by atomic mass is 16.1. The molecule has 0 spiro atoms. The van der Waals surface area contributed by atoms with Crippen molar-refractivity contribution in [3.63, 3.8) is 0 Å². The number of hydrogen-bond donors (Lipinski definition) is 2. The fourth-order valence-electron chi connectivity index (χ4n) is 1.93. The zero-order valence-corrected chi connectivity index (χ0v) is 12.2. The van der Waals surface area contributed by atoms with Crippen LogP contribution >= 0.6 is 0 Å². The average Bonchev–Trinajstić information content (AvgIpc) is 2.36. The van der Waals surface area contributed by atoms with Gasteiger partial charge in [-0.1, -0.05) is 46.1 Å². The molecule has 1 rings (SSSR count). The van der Waals surface area contributed by atoms with Gasteiger partial charge in [0.1, 0.15) is 11.5 Å². The number of unbranched alkanes of at least 4 members (excludes halogenated alkanes) is 2. The standard InChI is InChI=1S/C15H25N3O/c1-4-5-6-10-15(2,3)11-17-14(19)12-8-7-9-13(16)18-12/h7-9H,4-6,10-11H2,1-3H3,(H2,16,18)(H,17,19). The molecule has 19 heavy (non-hydrogen) atoms. The summed E-state index contributed by atoms with van der Waals surface area (Å²) >= 11 is 0. The number of carbonyl (C=O) groups excluding carboxylic acids is 1. The van der Waals surface area contributed by atoms with E-state index < -0.39 is 0 Å². The first-order valence-electron chi connectivity index (χ1n) is 6.95. The van der Waals surface area contributed by atoms with Crippen LogP contribution in [0.5, 0.6) is 0 Å². The average molecular weight is 263 g/mol. The molecule has 0 aliphatic rings. The van der Waals surface area contributed by atoms with Gasteiger partial charge in [0, 0.05) is 6.54 Å². The van der Waals surface area contributed by atoms with E-state index in [9.17, 15) is 4.79 Å². The predicted molar refractivity (Wildman–Crippen MR) is 78.9 cm³/mol. The molecular formula is C15H25N3O. The Morgan fingerprint density at radius 2 is 2.11 bits per heavy atom. The molecule has 1 aromatic heterocycles. The van der Waals surface area contributed by atoms with E-state index in [0.29, 0.717) is 18.1 Å². The third-order valence-corrected chi connectivity index (χ3v) is 3.19. The maximum Gasteiger partial charge on any atom is 0.269 e. The predicted octanol–water partition coefficient (Wildman–Crippen LogP) is 3.00. The van der Waals surface area contributed by atoms with E-state index in [1.165, 1.54) is 19.3 Å². The molecule has 1 heterocycles. The van der Waals surface area contributed by atoms with Crippen molar-refractivity contribution in [2.45, 2.75) is 46.5 Å². The van der Waals surface area contributed by atoms with Gasteiger partial charge in [-0.25, -0.2) is 4.98 Å². The van der Waals surface area contributed by atoms with Crippen LogP contribution < -0.4 is 11.1 Å². The lowest BCUT2D eigenvalue weighted by molar-refractivity contribution is 0.0929. The van der Waals surface area contributed by atoms with E-state index in [-0.39, 0.29) is 11.3 Å². The molecule has 0 saturated heterocycles. The third kappa shape index (κ3) is 5.73. The number of rotatable bonds is 7. The Labute approximate surface area is 115 Å². The molecule has 0 bridgehead atoms. The topological polar surface area (TPSA) is 68.0 Å². The Morgan fingerprint density at radius 3 is 2.74 bits per heavy atom. The van der Waals surface area contributed by atoms with Crippen LogP contribution in [0.1, 0.15) is 56.9 Å². The summed E-state index contributed by atoms with van der Waals surface area (Å²) in [5.41, 5.74) is 6.06. The van der Waals surface area contributed by atoms with Gasteiger partial charge in [0.25, 0.3) is 5.91 Å². The zero-order valence-electron chi connectivity index (χ0n) is 12.2. The van der Waals surface area contributed by atoms with E-state index in [2.05, 4.69) is 31.1 Å². The van der Waals surface area contributed by atoms with Crippen molar-refractivity contribution in [1.29, 1.82) is 0 Å². The maximum atomic E-state index is 11.9. The lowest BCUT2D eigenvalue weighted by atomic mass is 9.87. The van der Waals surface area contributed by atoms with Gasteiger partial charge in [0.05, 0.1) is 0 Å². The highest BCUT2D eigenvalue weighted by molar-refractivity contribution is 5.92. The van der Waals surface area contributed by atoms with Crippen LogP contribution in [0.2, 0.25) is 0 Å². The first-order chi connectivity index (χ1) is 8.94. The maximum absolute atomic E-state index is 11.9. The Bertz CT molecular complexity index is 416. The molecule has 0 aliphatic heterocycles. The van der Waals surface area contributed by atoms with Crippen molar-refractivity contribution in [1.82, 2.24) is 10.3 Å². The molecule has 0 unspecified atom stereocenters. The molecule has 1 amide bonds. The Hall–Kier alpha value is -1.58. The Kier molecular flexibility index (Phi) is 5.80. The second-order valence-corrected chi connectivity index (χ2v) is 5.75. The van der Waals surface area contributed by atoms with Crippen LogP contribution in [0.4, 0.5) is 5.82 Å². The number of nitrogens with zero attached hydrogens (tertiary/aromatic N) is 1. The quantitative estimate of drug-likeness (QED) is 0.743. The molecule has 0 aromatic carbocycles. The lowest BCUT2D eigenvalue weighted by Gasteiger charge is -2.24. The van der Waals surface area contributed by atoms with E-state index in [1.54, 1.807) is 18.2 Å². The Morgan fingerprint density at radius 1 is 1.37 bits per heavy atom. The van der Waals surface area contributed by atoms with Crippen LogP contribution in [-0.4, -0.2) is 17.4 Å². The first-order valence-corrected chi connectivity index (χ1v) is 6.95. The normalized spacial score (nSPS) is 11.3. The van der Waals surface area contributed by atoms with Crippen molar-refractivity contribution >= 4 is 11.7 Å². The van der Waals surface area contributed by atoms with Crippen molar-refractivity contribution in [3.8, 4) is 0 Å². The van der Waals surface area contributed by atoms with E-state index >= 15 is 0 Å². The van der Waals surface area contributed by atoms with Crippen LogP contribution in [-0.2, 0) is 0 Å². The number of anilines is 1. The summed E-state index contributed by atoms with van der Waals surface area (Å²) in [6.45, 7) is 7.21. The number of amides is 1. The van der Waals surface area contributed by atoms with Crippen molar-refractivity contribution in [2.75, 3.05) is 12.3 Å². The number of carbonyl (C=O) groups is 1. The smallest absolute Gasteiger partial charge is 0.269 e. The number of nitrogens with one attached hydrogen (secondary N) is 1. The van der Waals surface area contributed by atoms with Crippen LogP contribution in [0, 0.1) is 5.41 Å². The SMILES string of the molecule is CCCCCC(C)(C)CNC(=O)c1cccc(N)n1. The molecule has 0 saturated carbocycles. The van der Waals surface area contributed by atoms with Crippen molar-refractivity contribution in [2.24, 2.45) is 5.41 Å². The van der Waals surface area contributed by atoms with Crippen LogP contribution in [0.15, 0.2) is 18.2 Å². The fraction of sp³-hybridized carbons (Fsp3) is 0.600. The van der Waals surface area contributed by atoms with Gasteiger partial charge in [-0.15, -0.1) is 0 Å². The van der Waals surface area contributed by atoms with Gasteiger partial charge in [0.2, 0.25) is 0 Å². The summed E-state index contributed by atoms with van der Waals surface area (Å²) in [4.78, 5) is 16.0. The highest BCUT2D eigenvalue weighted by Crippen LogP contribution is 2.22. The van der Waals surface area contributed by atoms with Gasteiger partial charge in [-0.2, -0.15) is 0 Å². The first kappa shape index (κ1) is 15.5. The summed E-state index contributed by atoms with van der Waals surface area (Å²) in [7, 11) is 0. The van der Waals surface area contributed by atoms with E-state index in [4.69, 9.17) is 5.73 Å². The Balaban J connectivity index is 2.45. The molecule has 1 aromatic rings. The molecule has 4 heteroatoms. The van der Waals surface area contributed by atoms with Gasteiger partial charge < -0.3 is 11.1 Å². The summed E-state index contributed by atoms with van der Waals surface area (Å²) in [5, 5.41) is 2.94. The fourth-order valence-corrected chi connectivity index (χ4v) is 1.93. The highest BCUT2D eigenvalue weighted by Gasteiger charge is 2.19. The third-order valence-electron chi connectivity index (χ3n) is 3.19. The van der Waals surface area contributed by atoms with Gasteiger partial charge in [-0.05, 0) is 24.0 Å². The summed E-state index contributed by atoms with van der Waals surface area (Å²) in [6, 6.07) is 5.09. The molecule has 0 radical (unpaired) electrons. The van der Waals surface area contributed by atoms with Gasteiger partial charge in [-0.3, -0.25) is 4.79 Å².